The van der Waals surface area contributed by atoms with Gasteiger partial charge in [-0.15, -0.1) is 13.2 Å². The number of imidazole rings is 1. The number of nitrogens with two attached hydrogens (primary N) is 1. The first kappa shape index (κ1) is 47.8. The molecule has 1 aliphatic carbocycles. The Kier molecular flexibility index (Phi) is 14.9. The van der Waals surface area contributed by atoms with Crippen molar-refractivity contribution >= 4 is 46.8 Å². The lowest BCUT2D eigenvalue weighted by Crippen LogP contribution is -2.49. The third kappa shape index (κ3) is 12.0. The topological polar surface area (TPSA) is 234 Å². The number of fused-ring (bicyclic) bond motifs is 1. The van der Waals surface area contributed by atoms with Gasteiger partial charge in [0.15, 0.2) is 17.7 Å². The van der Waals surface area contributed by atoms with E-state index in [-0.39, 0.29) is 73.7 Å². The van der Waals surface area contributed by atoms with E-state index in [0.717, 1.165) is 31.4 Å². The van der Waals surface area contributed by atoms with E-state index in [4.69, 9.17) is 10.5 Å². The van der Waals surface area contributed by atoms with Gasteiger partial charge in [-0.3, -0.25) is 38.9 Å². The van der Waals surface area contributed by atoms with Crippen LogP contribution in [-0.4, -0.2) is 105 Å². The number of alkyl halides is 4. The Labute approximate surface area is 381 Å². The first-order chi connectivity index (χ1) is 32.0. The van der Waals surface area contributed by atoms with Crippen molar-refractivity contribution in [1.29, 1.82) is 0 Å². The van der Waals surface area contributed by atoms with Crippen LogP contribution in [-0.2, 0) is 32.1 Å². The van der Waals surface area contributed by atoms with Gasteiger partial charge < -0.3 is 35.3 Å². The summed E-state index contributed by atoms with van der Waals surface area (Å²) in [5.74, 6) is -5.86. The summed E-state index contributed by atoms with van der Waals surface area (Å²) in [6.45, 7) is 1.27. The van der Waals surface area contributed by atoms with E-state index in [0.29, 0.717) is 48.6 Å². The number of amides is 5. The summed E-state index contributed by atoms with van der Waals surface area (Å²) >= 11 is 0. The number of halogens is 4. The number of piperidine rings is 2. The molecule has 354 valence electrons. The van der Waals surface area contributed by atoms with Gasteiger partial charge in [0.1, 0.15) is 17.4 Å². The zero-order valence-corrected chi connectivity index (χ0v) is 36.1. The summed E-state index contributed by atoms with van der Waals surface area (Å²) in [4.78, 5) is 98.3. The second kappa shape index (κ2) is 21.0. The monoisotopic (exact) mass is 932 g/mol. The van der Waals surface area contributed by atoms with Gasteiger partial charge in [-0.05, 0) is 61.9 Å². The smallest absolute Gasteiger partial charge is 0.471 e. The van der Waals surface area contributed by atoms with Crippen LogP contribution in [0.25, 0.3) is 11.3 Å². The molecule has 17 nitrogen and oxygen atoms in total. The predicted molar refractivity (Wildman–Crippen MR) is 230 cm³/mol. The van der Waals surface area contributed by atoms with Gasteiger partial charge in [0.2, 0.25) is 29.5 Å². The molecule has 4 aromatic rings. The number of anilines is 1. The fraction of sp³-hybridized carbons (Fsp3) is 0.413. The van der Waals surface area contributed by atoms with Gasteiger partial charge in [0, 0.05) is 74.6 Å². The van der Waals surface area contributed by atoms with E-state index in [1.54, 1.807) is 35.3 Å². The molecular weight excluding hydrogens is 885 g/mol. The number of nitrogens with one attached hydrogen (secondary N) is 3. The number of primary amides is 1. The number of pyridine rings is 1. The lowest BCUT2D eigenvalue weighted by atomic mass is 9.82. The number of rotatable bonds is 19. The molecule has 0 radical (unpaired) electrons. The number of ether oxygens (including phenoxy) is 2. The lowest BCUT2D eigenvalue weighted by Gasteiger charge is -2.34. The molecule has 2 aliphatic heterocycles. The minimum Gasteiger partial charge on any atom is -0.471 e. The highest BCUT2D eigenvalue weighted by atomic mass is 19.4. The number of nitrogens with zero attached hydrogens (tertiary/aromatic N) is 4. The van der Waals surface area contributed by atoms with Crippen LogP contribution in [0, 0.1) is 11.8 Å². The van der Waals surface area contributed by atoms with Gasteiger partial charge >= 0.3 is 6.36 Å². The van der Waals surface area contributed by atoms with Gasteiger partial charge in [0.05, 0.1) is 42.4 Å². The summed E-state index contributed by atoms with van der Waals surface area (Å²) in [6.07, 6.45) is 0.295. The van der Waals surface area contributed by atoms with Crippen LogP contribution < -0.4 is 31.2 Å². The standard InChI is InChI=1S/C46H48F4N8O9/c47-32-23-58(38(61)20-26-9-11-28(12-10-26)67-46(48,49)50)19-15-35(32)66-45-31(43(51)64)21-27(22-54-45)34-24-57(25-55-34)18-5-8-36(59)53-17-3-1-2-16-52-33-7-4-6-29-39(33)42(63)40(41(29)62)30-13-14-37(60)56-44(30)65/h4,6-7,9-12,21-22,24-25,30,32,35,40,52H,1-3,5,8,13-20,23H2,(H2,51,64)(H,53,59)(H,56,60,65)/t30?,32-,35-,40?/m1/s1. The zero-order valence-electron chi connectivity index (χ0n) is 36.1. The number of Topliss-reactive ketones (excluding diaryl/α,β-unsaturated/α-hetero) is 2. The number of hydrogen-bond acceptors (Lipinski definition) is 12. The Bertz CT molecular complexity index is 2530. The van der Waals surface area contributed by atoms with Crippen molar-refractivity contribution < 1.29 is 60.6 Å². The highest BCUT2D eigenvalue weighted by molar-refractivity contribution is 6.30. The number of ketones is 2. The number of unbranched alkanes of at least 4 members (excludes halogenated alkanes) is 2. The molecule has 4 heterocycles. The normalized spacial score (nSPS) is 19.4. The van der Waals surface area contributed by atoms with Crippen molar-refractivity contribution in [3.05, 3.63) is 89.5 Å². The van der Waals surface area contributed by atoms with Crippen molar-refractivity contribution in [1.82, 2.24) is 30.1 Å². The Hall–Kier alpha value is -7.19. The maximum absolute atomic E-state index is 15.3. The minimum atomic E-state index is -4.85. The van der Waals surface area contributed by atoms with Gasteiger partial charge in [0.25, 0.3) is 5.91 Å². The average Bonchev–Trinajstić information content (AvgIpc) is 3.86. The second-order valence-electron chi connectivity index (χ2n) is 16.5. The molecule has 3 aliphatic rings. The first-order valence-electron chi connectivity index (χ1n) is 21.9. The van der Waals surface area contributed by atoms with E-state index in [1.165, 1.54) is 29.3 Å². The van der Waals surface area contributed by atoms with Gasteiger partial charge in [-0.25, -0.2) is 14.4 Å². The number of hydrogen-bond donors (Lipinski definition) is 4. The molecule has 5 amide bonds. The number of benzene rings is 2. The molecule has 21 heteroatoms. The quantitative estimate of drug-likeness (QED) is 0.0433. The second-order valence-corrected chi connectivity index (χ2v) is 16.5. The van der Waals surface area contributed by atoms with Gasteiger partial charge in [-0.2, -0.15) is 0 Å². The summed E-state index contributed by atoms with van der Waals surface area (Å²) in [5, 5.41) is 8.39. The number of carbonyl (C=O) groups is 7. The van der Waals surface area contributed by atoms with Crippen LogP contribution in [0.4, 0.5) is 23.2 Å². The Morgan fingerprint density at radius 2 is 1.72 bits per heavy atom. The molecule has 4 atom stereocenters. The Morgan fingerprint density at radius 3 is 2.45 bits per heavy atom. The van der Waals surface area contributed by atoms with Crippen molar-refractivity contribution in [2.75, 3.05) is 31.5 Å². The van der Waals surface area contributed by atoms with Gasteiger partial charge in [-0.1, -0.05) is 24.3 Å². The summed E-state index contributed by atoms with van der Waals surface area (Å²) in [5.41, 5.74) is 7.94. The SMILES string of the molecule is NC(=O)c1cc(-c2cn(CCCC(=O)NCCCCCNc3cccc4c3C(=O)C(C3CCC(=O)NC3=O)C4=O)cn2)cnc1O[C@@H]1CCN(C(=O)Cc2ccc(OC(F)(F)F)cc2)C[C@H]1F. The van der Waals surface area contributed by atoms with Crippen LogP contribution in [0.2, 0.25) is 0 Å². The zero-order chi connectivity index (χ0) is 47.8. The molecule has 2 saturated heterocycles. The fourth-order valence-electron chi connectivity index (χ4n) is 8.37. The maximum Gasteiger partial charge on any atom is 0.573 e. The largest absolute Gasteiger partial charge is 0.573 e. The molecule has 2 unspecified atom stereocenters. The highest BCUT2D eigenvalue weighted by Gasteiger charge is 2.48. The van der Waals surface area contributed by atoms with Crippen molar-refractivity contribution in [2.24, 2.45) is 17.6 Å². The van der Waals surface area contributed by atoms with Crippen LogP contribution in [0.5, 0.6) is 11.6 Å². The molecule has 0 bridgehead atoms. The van der Waals surface area contributed by atoms with E-state index in [2.05, 4.69) is 30.7 Å². The summed E-state index contributed by atoms with van der Waals surface area (Å²) < 4.78 is 64.2. The van der Waals surface area contributed by atoms with E-state index in [1.807, 2.05) is 0 Å². The van der Waals surface area contributed by atoms with E-state index in [9.17, 15) is 46.7 Å². The highest BCUT2D eigenvalue weighted by Crippen LogP contribution is 2.38. The minimum absolute atomic E-state index is 0.0688. The molecular formula is C46H48F4N8O9. The van der Waals surface area contributed by atoms with Crippen molar-refractivity contribution in [2.45, 2.75) is 83.0 Å². The molecule has 7 rings (SSSR count). The number of likely N-dealkylation sites (tertiary alicyclic amines) is 1. The Morgan fingerprint density at radius 1 is 0.940 bits per heavy atom. The third-order valence-corrected chi connectivity index (χ3v) is 11.8. The maximum atomic E-state index is 15.3. The van der Waals surface area contributed by atoms with E-state index < -0.39 is 71.4 Å². The molecule has 67 heavy (non-hydrogen) atoms. The van der Waals surface area contributed by atoms with Crippen LogP contribution in [0.1, 0.15) is 88.0 Å². The first-order valence-corrected chi connectivity index (χ1v) is 21.9. The molecule has 2 aromatic heterocycles. The fourth-order valence-corrected chi connectivity index (χ4v) is 8.37. The number of aryl methyl sites for hydroxylation is 1. The lowest BCUT2D eigenvalue weighted by molar-refractivity contribution is -0.274. The van der Waals surface area contributed by atoms with E-state index >= 15 is 4.39 Å². The summed E-state index contributed by atoms with van der Waals surface area (Å²) in [7, 11) is 0. The number of imide groups is 1. The number of aromatic nitrogens is 3. The summed E-state index contributed by atoms with van der Waals surface area (Å²) in [6, 6.07) is 11.3. The molecule has 0 spiro atoms. The van der Waals surface area contributed by atoms with Crippen molar-refractivity contribution in [3.8, 4) is 22.9 Å². The molecule has 2 fully saturated rings. The molecule has 2 aromatic carbocycles. The van der Waals surface area contributed by atoms with Crippen LogP contribution in [0.3, 0.4) is 0 Å². The number of carbonyl (C=O) groups excluding carboxylic acids is 7. The molecule has 5 N–H and O–H groups in total. The molecule has 0 saturated carbocycles. The average molecular weight is 933 g/mol. The van der Waals surface area contributed by atoms with Crippen molar-refractivity contribution in [3.63, 3.8) is 0 Å². The van der Waals surface area contributed by atoms with Crippen LogP contribution >= 0.6 is 0 Å². The van der Waals surface area contributed by atoms with Crippen LogP contribution in [0.15, 0.2) is 67.3 Å². The third-order valence-electron chi connectivity index (χ3n) is 11.8. The Balaban J connectivity index is 0.798. The predicted octanol–water partition coefficient (Wildman–Crippen LogP) is 4.73.